The molecule has 0 amide bonds. The number of thiazole rings is 1. The molecule has 5 nitrogen and oxygen atoms in total. The van der Waals surface area contributed by atoms with Crippen LogP contribution in [0.25, 0.3) is 15.8 Å². The van der Waals surface area contributed by atoms with Crippen LogP contribution < -0.4 is 9.64 Å². The molecule has 1 aliphatic heterocycles. The minimum atomic E-state index is -4.80. The molecule has 9 heteroatoms. The molecule has 0 spiro atoms. The maximum atomic E-state index is 12.4. The van der Waals surface area contributed by atoms with Gasteiger partial charge in [-0.1, -0.05) is 18.2 Å². The van der Waals surface area contributed by atoms with E-state index in [1.165, 1.54) is 34.4 Å². The van der Waals surface area contributed by atoms with Crippen LogP contribution in [0.5, 0.6) is 5.75 Å². The molecule has 0 fully saturated rings. The second kappa shape index (κ2) is 6.27. The highest BCUT2D eigenvalue weighted by atomic mass is 32.1. The molecule has 1 aliphatic rings. The fourth-order valence-electron chi connectivity index (χ4n) is 2.85. The van der Waals surface area contributed by atoms with E-state index in [0.717, 1.165) is 10.2 Å². The van der Waals surface area contributed by atoms with Crippen LogP contribution in [-0.2, 0) is 0 Å². The van der Waals surface area contributed by atoms with Crippen LogP contribution >= 0.6 is 11.3 Å². The van der Waals surface area contributed by atoms with Crippen molar-refractivity contribution in [3.8, 4) is 5.75 Å². The molecule has 2 heterocycles. The second-order valence-electron chi connectivity index (χ2n) is 5.79. The number of amidine groups is 1. The molecule has 0 bridgehead atoms. The van der Waals surface area contributed by atoms with Gasteiger partial charge in [0.2, 0.25) is 0 Å². The Kier molecular flexibility index (Phi) is 4.03. The van der Waals surface area contributed by atoms with Gasteiger partial charge < -0.3 is 14.7 Å². The van der Waals surface area contributed by atoms with Crippen molar-refractivity contribution in [3.05, 3.63) is 59.3 Å². The molecule has 2 N–H and O–H groups in total. The van der Waals surface area contributed by atoms with E-state index in [1.807, 2.05) is 24.3 Å². The summed E-state index contributed by atoms with van der Waals surface area (Å²) in [5.74, 6) is -0.474. The number of ether oxygens (including phenoxy) is 1. The third kappa shape index (κ3) is 3.33. The number of fused-ring (bicyclic) bond motifs is 1. The molecule has 2 aromatic carbocycles. The summed E-state index contributed by atoms with van der Waals surface area (Å²) in [7, 11) is 0. The van der Waals surface area contributed by atoms with Crippen molar-refractivity contribution in [2.75, 3.05) is 11.4 Å². The summed E-state index contributed by atoms with van der Waals surface area (Å²) in [4.78, 5) is 5.85. The van der Waals surface area contributed by atoms with Crippen molar-refractivity contribution in [3.63, 3.8) is 0 Å². The minimum Gasteiger partial charge on any atom is -0.510 e. The van der Waals surface area contributed by atoms with Gasteiger partial charge in [0.1, 0.15) is 22.4 Å². The van der Waals surface area contributed by atoms with E-state index in [4.69, 9.17) is 5.41 Å². The third-order valence-corrected chi connectivity index (χ3v) is 5.03. The van der Waals surface area contributed by atoms with Crippen LogP contribution in [0, 0.1) is 5.41 Å². The highest BCUT2D eigenvalue weighted by Gasteiger charge is 2.33. The van der Waals surface area contributed by atoms with Crippen molar-refractivity contribution in [2.24, 2.45) is 0 Å². The zero-order valence-electron chi connectivity index (χ0n) is 13.6. The van der Waals surface area contributed by atoms with E-state index < -0.39 is 6.36 Å². The molecule has 1 aromatic heterocycles. The average molecular weight is 391 g/mol. The average Bonchev–Trinajstić information content (AvgIpc) is 3.13. The summed E-state index contributed by atoms with van der Waals surface area (Å²) >= 11 is 1.34. The molecule has 0 saturated heterocycles. The first-order valence-corrected chi connectivity index (χ1v) is 8.64. The summed E-state index contributed by atoms with van der Waals surface area (Å²) in [6.07, 6.45) is -4.80. The molecule has 138 valence electrons. The van der Waals surface area contributed by atoms with E-state index in [9.17, 15) is 18.3 Å². The van der Waals surface area contributed by atoms with Gasteiger partial charge in [-0.05, 0) is 24.3 Å². The number of aliphatic hydroxyl groups is 1. The monoisotopic (exact) mass is 391 g/mol. The zero-order valence-corrected chi connectivity index (χ0v) is 14.4. The number of anilines is 1. The van der Waals surface area contributed by atoms with E-state index in [0.29, 0.717) is 10.7 Å². The molecule has 0 saturated carbocycles. The Labute approximate surface area is 155 Å². The predicted octanol–water partition coefficient (Wildman–Crippen LogP) is 4.96. The zero-order chi connectivity index (χ0) is 19.2. The highest BCUT2D eigenvalue weighted by Crippen LogP contribution is 2.36. The van der Waals surface area contributed by atoms with Crippen molar-refractivity contribution in [1.29, 1.82) is 5.41 Å². The Morgan fingerprint density at radius 1 is 1.15 bits per heavy atom. The Hall–Kier alpha value is -3.07. The first-order chi connectivity index (χ1) is 12.8. The lowest BCUT2D eigenvalue weighted by molar-refractivity contribution is -0.274. The van der Waals surface area contributed by atoms with E-state index in [1.54, 1.807) is 6.07 Å². The summed E-state index contributed by atoms with van der Waals surface area (Å²) in [6, 6.07) is 12.7. The third-order valence-electron chi connectivity index (χ3n) is 3.97. The Balaban J connectivity index is 1.65. The van der Waals surface area contributed by atoms with Crippen molar-refractivity contribution in [1.82, 2.24) is 4.98 Å². The van der Waals surface area contributed by atoms with Gasteiger partial charge in [-0.25, -0.2) is 4.98 Å². The number of aromatic nitrogens is 1. The maximum absolute atomic E-state index is 12.4. The first kappa shape index (κ1) is 17.3. The number of alkyl halides is 3. The number of halogens is 3. The van der Waals surface area contributed by atoms with Crippen molar-refractivity contribution >= 4 is 38.6 Å². The van der Waals surface area contributed by atoms with E-state index in [2.05, 4.69) is 9.72 Å². The highest BCUT2D eigenvalue weighted by molar-refractivity contribution is 7.19. The Morgan fingerprint density at radius 3 is 2.67 bits per heavy atom. The molecular weight excluding hydrogens is 379 g/mol. The Morgan fingerprint density at radius 2 is 1.93 bits per heavy atom. The van der Waals surface area contributed by atoms with Gasteiger partial charge in [0.05, 0.1) is 22.3 Å². The SMILES string of the molecule is N=C1C(c2nc3ccccc3s2)=C(O)CN1c1cccc(OC(F)(F)F)c1. The van der Waals surface area contributed by atoms with Crippen LogP contribution in [0.15, 0.2) is 54.3 Å². The Bertz CT molecular complexity index is 1040. The van der Waals surface area contributed by atoms with Gasteiger partial charge in [-0.2, -0.15) is 0 Å². The first-order valence-electron chi connectivity index (χ1n) is 7.82. The smallest absolute Gasteiger partial charge is 0.510 e. The van der Waals surface area contributed by atoms with Gasteiger partial charge >= 0.3 is 6.36 Å². The van der Waals surface area contributed by atoms with Gasteiger partial charge in [-0.3, -0.25) is 5.41 Å². The van der Waals surface area contributed by atoms with Crippen LogP contribution in [0.4, 0.5) is 18.9 Å². The fraction of sp³-hybridized carbons (Fsp3) is 0.111. The number of nitrogens with zero attached hydrogens (tertiary/aromatic N) is 2. The number of aliphatic hydroxyl groups excluding tert-OH is 1. The molecule has 0 aliphatic carbocycles. The van der Waals surface area contributed by atoms with Crippen LogP contribution in [0.3, 0.4) is 0 Å². The quantitative estimate of drug-likeness (QED) is 0.662. The number of nitrogens with one attached hydrogen (secondary N) is 1. The summed E-state index contributed by atoms with van der Waals surface area (Å²) in [6.45, 7) is -0.0282. The normalized spacial score (nSPS) is 15.1. The fourth-order valence-corrected chi connectivity index (χ4v) is 3.89. The van der Waals surface area contributed by atoms with Gasteiger partial charge in [0.25, 0.3) is 0 Å². The molecule has 27 heavy (non-hydrogen) atoms. The number of hydrogen-bond acceptors (Lipinski definition) is 5. The van der Waals surface area contributed by atoms with E-state index in [-0.39, 0.29) is 29.5 Å². The molecule has 0 radical (unpaired) electrons. The minimum absolute atomic E-state index is 0.0282. The largest absolute Gasteiger partial charge is 0.573 e. The van der Waals surface area contributed by atoms with Gasteiger partial charge in [0.15, 0.2) is 0 Å². The molecule has 0 unspecified atom stereocenters. The topological polar surface area (TPSA) is 69.4 Å². The number of benzene rings is 2. The summed E-state index contributed by atoms with van der Waals surface area (Å²) in [5.41, 5.74) is 1.34. The lowest BCUT2D eigenvalue weighted by Crippen LogP contribution is -2.26. The second-order valence-corrected chi connectivity index (χ2v) is 6.82. The van der Waals surface area contributed by atoms with Crippen LogP contribution in [-0.4, -0.2) is 28.8 Å². The maximum Gasteiger partial charge on any atom is 0.573 e. The molecule has 3 aromatic rings. The van der Waals surface area contributed by atoms with Gasteiger partial charge in [0, 0.05) is 11.8 Å². The predicted molar refractivity (Wildman–Crippen MR) is 97.4 cm³/mol. The molecule has 4 rings (SSSR count). The lowest BCUT2D eigenvalue weighted by atomic mass is 10.2. The van der Waals surface area contributed by atoms with Crippen LogP contribution in [0.2, 0.25) is 0 Å². The number of hydrogen-bond donors (Lipinski definition) is 2. The van der Waals surface area contributed by atoms with Crippen LogP contribution in [0.1, 0.15) is 5.01 Å². The molecule has 0 atom stereocenters. The molecular formula is C18H12F3N3O2S. The van der Waals surface area contributed by atoms with Crippen molar-refractivity contribution < 1.29 is 23.0 Å². The van der Waals surface area contributed by atoms with E-state index >= 15 is 0 Å². The van der Waals surface area contributed by atoms with Gasteiger partial charge in [-0.15, -0.1) is 24.5 Å². The summed E-state index contributed by atoms with van der Waals surface area (Å²) < 4.78 is 42.2. The summed E-state index contributed by atoms with van der Waals surface area (Å²) in [5, 5.41) is 19.3. The standard InChI is InChI=1S/C18H12F3N3O2S/c19-18(20,21)26-11-5-3-4-10(8-11)24-9-13(25)15(16(24)22)17-23-12-6-1-2-7-14(12)27-17/h1-8,22,25H,9H2. The van der Waals surface area contributed by atoms with Crippen molar-refractivity contribution in [2.45, 2.75) is 6.36 Å². The number of rotatable bonds is 3. The number of para-hydroxylation sites is 1. The lowest BCUT2D eigenvalue weighted by Gasteiger charge is -2.19.